The highest BCUT2D eigenvalue weighted by Gasteiger charge is 2.22. The van der Waals surface area contributed by atoms with Crippen molar-refractivity contribution in [1.29, 1.82) is 0 Å². The summed E-state index contributed by atoms with van der Waals surface area (Å²) < 4.78 is 7.47. The van der Waals surface area contributed by atoms with Crippen LogP contribution in [0.25, 0.3) is 75.5 Å². The molecule has 3 aromatic heterocycles. The van der Waals surface area contributed by atoms with Gasteiger partial charge in [0.2, 0.25) is 0 Å². The molecule has 254 valence electrons. The summed E-state index contributed by atoms with van der Waals surface area (Å²) in [6.07, 6.45) is 0. The molecule has 11 rings (SSSR count). The molecule has 0 saturated carbocycles. The zero-order chi connectivity index (χ0) is 35.6. The predicted molar refractivity (Wildman–Crippen MR) is 231 cm³/mol. The minimum atomic E-state index is 1.12. The van der Waals surface area contributed by atoms with Gasteiger partial charge in [-0.15, -0.1) is 11.3 Å². The molecule has 54 heavy (non-hydrogen) atoms. The summed E-state index contributed by atoms with van der Waals surface area (Å²) in [7, 11) is 0. The Morgan fingerprint density at radius 3 is 1.61 bits per heavy atom. The minimum absolute atomic E-state index is 1.12. The standard InChI is InChI=1S/C50H33N3S/c1-4-14-36(15-5-1)51(40-29-31-42-41-20-11-13-23-47(41)54-48(42)33-40)39-27-24-34(25-28-39)35-26-30-44-46(32-35)53(38-18-8-3-9-19-38)50-49(44)43-21-10-12-22-45(43)52(50)37-16-6-2-7-17-37/h1-33H. The molecule has 0 atom stereocenters. The van der Waals surface area contributed by atoms with Gasteiger partial charge >= 0.3 is 0 Å². The Balaban J connectivity index is 1.07. The second kappa shape index (κ2) is 12.4. The van der Waals surface area contributed by atoms with Crippen LogP contribution in [-0.2, 0) is 0 Å². The SMILES string of the molecule is c1ccc(N(c2ccc(-c3ccc4c5c6ccccc6n(-c6ccccc6)c5n(-c5ccccc5)c4c3)cc2)c2ccc3c(c2)sc2ccccc23)cc1. The highest BCUT2D eigenvalue weighted by molar-refractivity contribution is 7.25. The number of anilines is 3. The first kappa shape index (κ1) is 30.7. The van der Waals surface area contributed by atoms with E-state index in [4.69, 9.17) is 0 Å². The number of benzene rings is 8. The van der Waals surface area contributed by atoms with E-state index >= 15 is 0 Å². The van der Waals surface area contributed by atoms with Crippen molar-refractivity contribution in [2.75, 3.05) is 4.90 Å². The molecular formula is C50H33N3S. The average Bonchev–Trinajstić information content (AvgIpc) is 3.89. The van der Waals surface area contributed by atoms with E-state index < -0.39 is 0 Å². The maximum absolute atomic E-state index is 2.44. The predicted octanol–water partition coefficient (Wildman–Crippen LogP) is 14.2. The average molecular weight is 708 g/mol. The third-order valence-electron chi connectivity index (χ3n) is 10.7. The number of rotatable bonds is 6. The van der Waals surface area contributed by atoms with Gasteiger partial charge in [0.15, 0.2) is 0 Å². The van der Waals surface area contributed by atoms with Crippen molar-refractivity contribution >= 4 is 81.4 Å². The maximum atomic E-state index is 2.44. The summed E-state index contributed by atoms with van der Waals surface area (Å²) in [5, 5.41) is 6.39. The van der Waals surface area contributed by atoms with Gasteiger partial charge in [-0.3, -0.25) is 9.13 Å². The fraction of sp³-hybridized carbons (Fsp3) is 0. The first-order valence-corrected chi connectivity index (χ1v) is 19.2. The van der Waals surface area contributed by atoms with Crippen molar-refractivity contribution in [2.45, 2.75) is 0 Å². The molecule has 0 amide bonds. The molecular weight excluding hydrogens is 675 g/mol. The van der Waals surface area contributed by atoms with Gasteiger partial charge < -0.3 is 4.90 Å². The molecule has 0 unspecified atom stereocenters. The summed E-state index contributed by atoms with van der Waals surface area (Å²) in [4.78, 5) is 2.36. The number of hydrogen-bond acceptors (Lipinski definition) is 2. The molecule has 0 N–H and O–H groups in total. The van der Waals surface area contributed by atoms with Crippen molar-refractivity contribution in [1.82, 2.24) is 9.13 Å². The van der Waals surface area contributed by atoms with Crippen LogP contribution in [0.4, 0.5) is 17.1 Å². The monoisotopic (exact) mass is 707 g/mol. The summed E-state index contributed by atoms with van der Waals surface area (Å²) >= 11 is 1.86. The Morgan fingerprint density at radius 2 is 0.870 bits per heavy atom. The quantitative estimate of drug-likeness (QED) is 0.168. The second-order valence-corrected chi connectivity index (χ2v) is 14.9. The first-order valence-electron chi connectivity index (χ1n) is 18.4. The van der Waals surface area contributed by atoms with Gasteiger partial charge in [0, 0.05) is 64.8 Å². The van der Waals surface area contributed by atoms with E-state index in [9.17, 15) is 0 Å². The zero-order valence-electron chi connectivity index (χ0n) is 29.3. The van der Waals surface area contributed by atoms with E-state index in [1.54, 1.807) is 0 Å². The molecule has 0 aliphatic carbocycles. The third kappa shape index (κ3) is 4.81. The Morgan fingerprint density at radius 1 is 0.352 bits per heavy atom. The zero-order valence-corrected chi connectivity index (χ0v) is 30.1. The summed E-state index contributed by atoms with van der Waals surface area (Å²) in [5.74, 6) is 0. The Kier molecular flexibility index (Phi) is 7.04. The van der Waals surface area contributed by atoms with Crippen LogP contribution in [0.15, 0.2) is 200 Å². The van der Waals surface area contributed by atoms with Crippen molar-refractivity contribution in [3.8, 4) is 22.5 Å². The van der Waals surface area contributed by atoms with Gasteiger partial charge in [-0.05, 0) is 90.0 Å². The van der Waals surface area contributed by atoms with Gasteiger partial charge in [-0.25, -0.2) is 0 Å². The Labute approximate surface area is 316 Å². The molecule has 0 radical (unpaired) electrons. The molecule has 0 spiro atoms. The largest absolute Gasteiger partial charge is 0.310 e. The lowest BCUT2D eigenvalue weighted by Gasteiger charge is -2.25. The fourth-order valence-corrected chi connectivity index (χ4v) is 9.42. The Hall–Kier alpha value is -6.88. The van der Waals surface area contributed by atoms with Gasteiger partial charge in [0.05, 0.1) is 11.0 Å². The normalized spacial score (nSPS) is 11.7. The number of thiophene rings is 1. The van der Waals surface area contributed by atoms with Crippen LogP contribution in [0.1, 0.15) is 0 Å². The van der Waals surface area contributed by atoms with E-state index in [2.05, 4.69) is 214 Å². The third-order valence-corrected chi connectivity index (χ3v) is 11.8. The molecule has 4 heteroatoms. The van der Waals surface area contributed by atoms with Crippen molar-refractivity contribution < 1.29 is 0 Å². The smallest absolute Gasteiger partial charge is 0.131 e. The lowest BCUT2D eigenvalue weighted by atomic mass is 10.0. The molecule has 0 fully saturated rings. The van der Waals surface area contributed by atoms with E-state index in [1.165, 1.54) is 64.1 Å². The number of fused-ring (bicyclic) bond motifs is 8. The minimum Gasteiger partial charge on any atom is -0.310 e. The molecule has 3 heterocycles. The van der Waals surface area contributed by atoms with Crippen molar-refractivity contribution in [3.05, 3.63) is 200 Å². The lowest BCUT2D eigenvalue weighted by molar-refractivity contribution is 1.07. The van der Waals surface area contributed by atoms with E-state index in [0.717, 1.165) is 28.4 Å². The second-order valence-electron chi connectivity index (χ2n) is 13.8. The fourth-order valence-electron chi connectivity index (χ4n) is 8.28. The van der Waals surface area contributed by atoms with Gasteiger partial charge in [0.1, 0.15) is 5.65 Å². The van der Waals surface area contributed by atoms with Crippen LogP contribution in [0, 0.1) is 0 Å². The lowest BCUT2D eigenvalue weighted by Crippen LogP contribution is -2.09. The number of para-hydroxylation sites is 4. The van der Waals surface area contributed by atoms with Crippen LogP contribution in [0.5, 0.6) is 0 Å². The summed E-state index contributed by atoms with van der Waals surface area (Å²) in [6.45, 7) is 0. The van der Waals surface area contributed by atoms with Crippen LogP contribution in [-0.4, -0.2) is 9.13 Å². The Bertz CT molecular complexity index is 3140. The molecule has 11 aromatic rings. The van der Waals surface area contributed by atoms with Crippen LogP contribution in [0.3, 0.4) is 0 Å². The molecule has 0 saturated heterocycles. The van der Waals surface area contributed by atoms with Crippen LogP contribution in [0.2, 0.25) is 0 Å². The van der Waals surface area contributed by atoms with Crippen LogP contribution >= 0.6 is 11.3 Å². The van der Waals surface area contributed by atoms with E-state index in [1.807, 2.05) is 11.3 Å². The van der Waals surface area contributed by atoms with Crippen molar-refractivity contribution in [2.24, 2.45) is 0 Å². The van der Waals surface area contributed by atoms with Crippen LogP contribution < -0.4 is 4.90 Å². The highest BCUT2D eigenvalue weighted by Crippen LogP contribution is 2.43. The van der Waals surface area contributed by atoms with E-state index in [-0.39, 0.29) is 0 Å². The number of hydrogen-bond donors (Lipinski definition) is 0. The van der Waals surface area contributed by atoms with Gasteiger partial charge in [-0.1, -0.05) is 121 Å². The maximum Gasteiger partial charge on any atom is 0.131 e. The van der Waals surface area contributed by atoms with E-state index in [0.29, 0.717) is 0 Å². The first-order chi connectivity index (χ1) is 26.8. The van der Waals surface area contributed by atoms with Crippen molar-refractivity contribution in [3.63, 3.8) is 0 Å². The summed E-state index contributed by atoms with van der Waals surface area (Å²) in [5.41, 5.74) is 11.6. The van der Waals surface area contributed by atoms with Gasteiger partial charge in [-0.2, -0.15) is 0 Å². The molecule has 0 aliphatic rings. The molecule has 8 aromatic carbocycles. The topological polar surface area (TPSA) is 13.1 Å². The summed E-state index contributed by atoms with van der Waals surface area (Å²) in [6, 6.07) is 72.5. The highest BCUT2D eigenvalue weighted by atomic mass is 32.1. The molecule has 0 bridgehead atoms. The number of aromatic nitrogens is 2. The van der Waals surface area contributed by atoms with Gasteiger partial charge in [0.25, 0.3) is 0 Å². The number of nitrogens with zero attached hydrogens (tertiary/aromatic N) is 3. The molecule has 0 aliphatic heterocycles. The molecule has 3 nitrogen and oxygen atoms in total.